The minimum Gasteiger partial charge on any atom is -0.494 e. The molecule has 1 heterocycles. The van der Waals surface area contributed by atoms with Crippen molar-refractivity contribution in [3.05, 3.63) is 89.5 Å². The van der Waals surface area contributed by atoms with Crippen LogP contribution in [-0.4, -0.2) is 102 Å². The van der Waals surface area contributed by atoms with E-state index in [4.69, 9.17) is 9.73 Å². The fourth-order valence-electron chi connectivity index (χ4n) is 5.82. The monoisotopic (exact) mass is 655 g/mol. The third-order valence-electron chi connectivity index (χ3n) is 8.64. The van der Waals surface area contributed by atoms with Crippen LogP contribution in [0.3, 0.4) is 0 Å². The van der Waals surface area contributed by atoms with Crippen LogP contribution >= 0.6 is 0 Å². The molecule has 0 aliphatic carbocycles. The maximum atomic E-state index is 13.8. The molecule has 0 saturated heterocycles. The van der Waals surface area contributed by atoms with Gasteiger partial charge in [-0.3, -0.25) is 4.79 Å². The zero-order valence-corrected chi connectivity index (χ0v) is 28.9. The molecule has 4 rings (SSSR count). The number of benzene rings is 3. The van der Waals surface area contributed by atoms with Gasteiger partial charge in [-0.1, -0.05) is 58.0 Å². The fraction of sp³-hybridized carbons (Fsp3) is 0.395. The lowest BCUT2D eigenvalue weighted by Crippen LogP contribution is -2.36. The quantitative estimate of drug-likeness (QED) is 0.0710. The summed E-state index contributed by atoms with van der Waals surface area (Å²) in [5.74, 6) is 0.225. The van der Waals surface area contributed by atoms with Crippen molar-refractivity contribution in [3.63, 3.8) is 0 Å². The normalized spacial score (nSPS) is 11.8. The second kappa shape index (κ2) is 18.0. The van der Waals surface area contributed by atoms with E-state index in [-0.39, 0.29) is 17.5 Å². The molecule has 256 valence electrons. The van der Waals surface area contributed by atoms with Crippen LogP contribution in [0.1, 0.15) is 62.0 Å². The van der Waals surface area contributed by atoms with Crippen molar-refractivity contribution in [3.8, 4) is 11.6 Å². The molecule has 0 spiro atoms. The minimum absolute atomic E-state index is 0.0205. The number of methoxy groups -OCH3 is 1. The topological polar surface area (TPSA) is 111 Å². The Morgan fingerprint density at radius 2 is 1.38 bits per heavy atom. The fourth-order valence-corrected chi connectivity index (χ4v) is 5.82. The van der Waals surface area contributed by atoms with Gasteiger partial charge in [0.15, 0.2) is 5.88 Å². The standard InChI is InChI=1S/C38H49N5O5/c1-6-41(7-2)23-13-25-43(26-14-24-42(8-3)9-4)37(45)29-17-19-30(20-18-29)39-35(28-15-11-10-12-16-28)34-32-22-21-31(48-38(46)47-5)27-33(32)40-36(34)44/h10-12,15-22,27,40,44H,6-9,13-14,23-26H2,1-5H3. The summed E-state index contributed by atoms with van der Waals surface area (Å²) in [6.07, 6.45) is 1.01. The van der Waals surface area contributed by atoms with Crippen LogP contribution in [-0.2, 0) is 4.74 Å². The number of amides is 1. The summed E-state index contributed by atoms with van der Waals surface area (Å²) in [4.78, 5) is 40.2. The lowest BCUT2D eigenvalue weighted by molar-refractivity contribution is 0.0740. The Morgan fingerprint density at radius 1 is 0.771 bits per heavy atom. The van der Waals surface area contributed by atoms with Gasteiger partial charge in [0.2, 0.25) is 0 Å². The summed E-state index contributed by atoms with van der Waals surface area (Å²) < 4.78 is 9.76. The number of carbonyl (C=O) groups is 2. The molecule has 10 heteroatoms. The highest BCUT2D eigenvalue weighted by Crippen LogP contribution is 2.33. The van der Waals surface area contributed by atoms with E-state index in [1.807, 2.05) is 59.5 Å². The largest absolute Gasteiger partial charge is 0.513 e. The van der Waals surface area contributed by atoms with Gasteiger partial charge < -0.3 is 34.3 Å². The molecule has 2 N–H and O–H groups in total. The van der Waals surface area contributed by atoms with Crippen molar-refractivity contribution in [1.29, 1.82) is 0 Å². The molecular formula is C38H49N5O5. The maximum Gasteiger partial charge on any atom is 0.513 e. The van der Waals surface area contributed by atoms with Crippen molar-refractivity contribution in [2.75, 3.05) is 59.5 Å². The number of hydrogen-bond acceptors (Lipinski definition) is 8. The number of ether oxygens (including phenoxy) is 2. The van der Waals surface area contributed by atoms with Crippen LogP contribution in [0.4, 0.5) is 10.5 Å². The molecule has 0 atom stereocenters. The summed E-state index contributed by atoms with van der Waals surface area (Å²) >= 11 is 0. The number of rotatable bonds is 17. The summed E-state index contributed by atoms with van der Waals surface area (Å²) in [5.41, 5.74) is 3.68. The van der Waals surface area contributed by atoms with Crippen LogP contribution in [0.25, 0.3) is 10.9 Å². The average Bonchev–Trinajstić information content (AvgIpc) is 3.44. The van der Waals surface area contributed by atoms with Gasteiger partial charge in [-0.05, 0) is 88.5 Å². The van der Waals surface area contributed by atoms with Crippen molar-refractivity contribution < 1.29 is 24.2 Å². The first-order chi connectivity index (χ1) is 23.3. The number of aromatic hydroxyl groups is 1. The van der Waals surface area contributed by atoms with E-state index in [9.17, 15) is 14.7 Å². The molecule has 4 aromatic rings. The molecule has 0 fully saturated rings. The number of H-pyrrole nitrogens is 1. The van der Waals surface area contributed by atoms with Crippen molar-refractivity contribution in [2.45, 2.75) is 40.5 Å². The number of carbonyl (C=O) groups excluding carboxylic acids is 2. The molecule has 0 bridgehead atoms. The highest BCUT2D eigenvalue weighted by Gasteiger charge is 2.21. The second-order valence-electron chi connectivity index (χ2n) is 11.5. The van der Waals surface area contributed by atoms with Crippen LogP contribution in [0.15, 0.2) is 77.8 Å². The summed E-state index contributed by atoms with van der Waals surface area (Å²) in [6.45, 7) is 16.0. The predicted octanol–water partition coefficient (Wildman–Crippen LogP) is 7.09. The number of hydrogen-bond donors (Lipinski definition) is 2. The van der Waals surface area contributed by atoms with E-state index in [1.165, 1.54) is 7.11 Å². The van der Waals surface area contributed by atoms with Crippen LogP contribution in [0.5, 0.6) is 11.6 Å². The number of aliphatic imine (C=N–C) groups is 1. The Balaban J connectivity index is 1.62. The van der Waals surface area contributed by atoms with E-state index < -0.39 is 6.16 Å². The first-order valence-corrected chi connectivity index (χ1v) is 16.9. The second-order valence-corrected chi connectivity index (χ2v) is 11.5. The third-order valence-corrected chi connectivity index (χ3v) is 8.64. The molecule has 10 nitrogen and oxygen atoms in total. The minimum atomic E-state index is -0.832. The maximum absolute atomic E-state index is 13.8. The molecule has 3 aromatic carbocycles. The van der Waals surface area contributed by atoms with Gasteiger partial charge in [-0.25, -0.2) is 9.79 Å². The van der Waals surface area contributed by atoms with Gasteiger partial charge in [0.25, 0.3) is 5.91 Å². The predicted molar refractivity (Wildman–Crippen MR) is 192 cm³/mol. The number of aromatic nitrogens is 1. The SMILES string of the molecule is CCN(CC)CCCN(CCCN(CC)CC)C(=O)c1ccc(N=C(c2ccccc2)c2c(O)[nH]c3cc(OC(=O)OC)ccc23)cc1. The Labute approximate surface area is 284 Å². The van der Waals surface area contributed by atoms with Gasteiger partial charge in [-0.15, -0.1) is 0 Å². The summed E-state index contributed by atoms with van der Waals surface area (Å²) in [7, 11) is 1.24. The molecule has 0 radical (unpaired) electrons. The first-order valence-electron chi connectivity index (χ1n) is 16.9. The van der Waals surface area contributed by atoms with Crippen LogP contribution in [0, 0.1) is 0 Å². The Morgan fingerprint density at radius 3 is 1.94 bits per heavy atom. The average molecular weight is 656 g/mol. The zero-order valence-electron chi connectivity index (χ0n) is 28.9. The lowest BCUT2D eigenvalue weighted by atomic mass is 10.0. The van der Waals surface area contributed by atoms with Gasteiger partial charge in [0.05, 0.1) is 29.6 Å². The van der Waals surface area contributed by atoms with Crippen molar-refractivity contribution >= 4 is 34.4 Å². The number of fused-ring (bicyclic) bond motifs is 1. The Hall–Kier alpha value is -4.67. The molecule has 1 amide bonds. The zero-order chi connectivity index (χ0) is 34.5. The van der Waals surface area contributed by atoms with Crippen molar-refractivity contribution in [1.82, 2.24) is 19.7 Å². The smallest absolute Gasteiger partial charge is 0.494 e. The van der Waals surface area contributed by atoms with Crippen LogP contribution < -0.4 is 4.74 Å². The number of nitrogens with one attached hydrogen (secondary N) is 1. The van der Waals surface area contributed by atoms with Gasteiger partial charge in [0, 0.05) is 35.7 Å². The first kappa shape index (κ1) is 36.2. The number of nitrogens with zero attached hydrogens (tertiary/aromatic N) is 4. The van der Waals surface area contributed by atoms with Gasteiger partial charge in [-0.2, -0.15) is 0 Å². The molecule has 1 aromatic heterocycles. The Bertz CT molecular complexity index is 1630. The lowest BCUT2D eigenvalue weighted by Gasteiger charge is -2.26. The van der Waals surface area contributed by atoms with E-state index >= 15 is 0 Å². The van der Waals surface area contributed by atoms with Crippen LogP contribution in [0.2, 0.25) is 0 Å². The number of aromatic amines is 1. The van der Waals surface area contributed by atoms with E-state index in [0.29, 0.717) is 46.5 Å². The molecule has 0 saturated carbocycles. The highest BCUT2D eigenvalue weighted by atomic mass is 16.7. The van der Waals surface area contributed by atoms with E-state index in [0.717, 1.165) is 57.7 Å². The van der Waals surface area contributed by atoms with Crippen molar-refractivity contribution in [2.24, 2.45) is 4.99 Å². The third kappa shape index (κ3) is 9.45. The van der Waals surface area contributed by atoms with E-state index in [1.54, 1.807) is 18.2 Å². The highest BCUT2D eigenvalue weighted by molar-refractivity contribution is 6.22. The molecule has 0 unspecified atom stereocenters. The molecular weight excluding hydrogens is 606 g/mol. The van der Waals surface area contributed by atoms with Gasteiger partial charge >= 0.3 is 6.16 Å². The molecule has 0 aliphatic rings. The molecule has 0 aliphatic heterocycles. The molecule has 48 heavy (non-hydrogen) atoms. The summed E-state index contributed by atoms with van der Waals surface area (Å²) in [5, 5.41) is 11.8. The van der Waals surface area contributed by atoms with E-state index in [2.05, 4.69) is 47.2 Å². The van der Waals surface area contributed by atoms with Gasteiger partial charge in [0.1, 0.15) is 5.75 Å². The summed E-state index contributed by atoms with van der Waals surface area (Å²) in [6, 6.07) is 22.0. The Kier molecular flexibility index (Phi) is 13.6.